The van der Waals surface area contributed by atoms with Crippen LogP contribution in [0.25, 0.3) is 11.1 Å². The molecule has 6 rings (SSSR count). The van der Waals surface area contributed by atoms with Crippen molar-refractivity contribution in [2.24, 2.45) is 0 Å². The molecule has 0 aliphatic heterocycles. The number of benzene rings is 6. The van der Waals surface area contributed by atoms with E-state index in [2.05, 4.69) is 122 Å². The van der Waals surface area contributed by atoms with Crippen LogP contribution in [0.5, 0.6) is 0 Å². The molecule has 2 nitrogen and oxygen atoms in total. The number of rotatable bonds is 7. The zero-order valence-corrected chi connectivity index (χ0v) is 26.9. The van der Waals surface area contributed by atoms with Gasteiger partial charge in [-0.15, -0.1) is 0 Å². The molecule has 0 atom stereocenters. The summed E-state index contributed by atoms with van der Waals surface area (Å²) in [4.78, 5) is 4.57. The molecule has 0 bridgehead atoms. The maximum atomic E-state index is 6.21. The molecule has 44 heavy (non-hydrogen) atoms. The fraction of sp³-hybridized carbons (Fsp3) is 0.100. The van der Waals surface area contributed by atoms with Gasteiger partial charge in [-0.3, -0.25) is 0 Å². The van der Waals surface area contributed by atoms with Crippen molar-refractivity contribution < 1.29 is 0 Å². The van der Waals surface area contributed by atoms with Crippen molar-refractivity contribution in [1.29, 1.82) is 0 Å². The number of hydrogen-bond acceptors (Lipinski definition) is 2. The summed E-state index contributed by atoms with van der Waals surface area (Å²) in [7, 11) is 0. The first kappa shape index (κ1) is 29.6. The van der Waals surface area contributed by atoms with Crippen molar-refractivity contribution >= 4 is 57.3 Å². The molecular formula is C40H34Cl2N2. The Balaban J connectivity index is 1.34. The largest absolute Gasteiger partial charge is 0.311 e. The van der Waals surface area contributed by atoms with Crippen molar-refractivity contribution in [3.63, 3.8) is 0 Å². The molecule has 6 aromatic rings. The molecule has 0 saturated heterocycles. The molecule has 0 saturated carbocycles. The summed E-state index contributed by atoms with van der Waals surface area (Å²) in [6, 6.07) is 46.6. The summed E-state index contributed by atoms with van der Waals surface area (Å²) < 4.78 is 0. The van der Waals surface area contributed by atoms with Crippen LogP contribution in [0.4, 0.5) is 34.1 Å². The molecule has 0 aromatic heterocycles. The quantitative estimate of drug-likeness (QED) is 0.177. The van der Waals surface area contributed by atoms with Gasteiger partial charge in [0.25, 0.3) is 0 Å². The van der Waals surface area contributed by atoms with Gasteiger partial charge < -0.3 is 9.80 Å². The van der Waals surface area contributed by atoms with Gasteiger partial charge in [0.2, 0.25) is 0 Å². The lowest BCUT2D eigenvalue weighted by atomic mass is 10.0. The third-order valence-electron chi connectivity index (χ3n) is 7.94. The lowest BCUT2D eigenvalue weighted by molar-refractivity contribution is 1.21. The Morgan fingerprint density at radius 1 is 0.364 bits per heavy atom. The van der Waals surface area contributed by atoms with E-state index in [1.54, 1.807) is 0 Å². The molecule has 0 N–H and O–H groups in total. The third-order valence-corrected chi connectivity index (χ3v) is 8.44. The lowest BCUT2D eigenvalue weighted by Crippen LogP contribution is -2.13. The fourth-order valence-corrected chi connectivity index (χ4v) is 6.01. The first-order chi connectivity index (χ1) is 21.3. The van der Waals surface area contributed by atoms with Crippen LogP contribution in [0.2, 0.25) is 10.0 Å². The Labute approximate surface area is 270 Å². The van der Waals surface area contributed by atoms with E-state index >= 15 is 0 Å². The maximum Gasteiger partial charge on any atom is 0.0491 e. The highest BCUT2D eigenvalue weighted by Gasteiger charge is 2.17. The Kier molecular flexibility index (Phi) is 8.48. The van der Waals surface area contributed by atoms with E-state index in [4.69, 9.17) is 23.2 Å². The molecule has 4 heteroatoms. The van der Waals surface area contributed by atoms with Crippen LogP contribution in [-0.2, 0) is 0 Å². The van der Waals surface area contributed by atoms with Gasteiger partial charge >= 0.3 is 0 Å². The second kappa shape index (κ2) is 12.6. The maximum absolute atomic E-state index is 6.21. The van der Waals surface area contributed by atoms with Crippen LogP contribution >= 0.6 is 23.2 Å². The topological polar surface area (TPSA) is 6.48 Å². The number of aryl methyl sites for hydroxylation is 4. The summed E-state index contributed by atoms with van der Waals surface area (Å²) in [6.07, 6.45) is 0. The van der Waals surface area contributed by atoms with Crippen molar-refractivity contribution in [2.45, 2.75) is 27.7 Å². The van der Waals surface area contributed by atoms with Gasteiger partial charge in [0, 0.05) is 44.2 Å². The molecule has 0 spiro atoms. The smallest absolute Gasteiger partial charge is 0.0491 e. The minimum atomic E-state index is 0.706. The van der Waals surface area contributed by atoms with Gasteiger partial charge in [-0.2, -0.15) is 0 Å². The second-order valence-corrected chi connectivity index (χ2v) is 12.2. The van der Waals surface area contributed by atoms with Crippen molar-refractivity contribution in [1.82, 2.24) is 0 Å². The SMILES string of the molecule is Cc1ccc(N(c2ccc(-c3ccc(N(c4ccc(Cl)cc4)c4ccc(Cl)cc4)cc3)cc2)c2ccc(C)cc2C)c(C)c1. The molecule has 0 unspecified atom stereocenters. The Bertz CT molecular complexity index is 1800. The van der Waals surface area contributed by atoms with Crippen LogP contribution in [0.1, 0.15) is 22.3 Å². The van der Waals surface area contributed by atoms with Crippen molar-refractivity contribution in [3.05, 3.63) is 166 Å². The first-order valence-electron chi connectivity index (χ1n) is 14.7. The molecule has 0 fully saturated rings. The summed E-state index contributed by atoms with van der Waals surface area (Å²) in [5.74, 6) is 0. The van der Waals surface area contributed by atoms with Gasteiger partial charge in [0.15, 0.2) is 0 Å². The summed E-state index contributed by atoms with van der Waals surface area (Å²) in [6.45, 7) is 8.66. The number of hydrogen-bond donors (Lipinski definition) is 0. The normalized spacial score (nSPS) is 11.0. The van der Waals surface area contributed by atoms with E-state index in [-0.39, 0.29) is 0 Å². The van der Waals surface area contributed by atoms with E-state index < -0.39 is 0 Å². The number of halogens is 2. The minimum absolute atomic E-state index is 0.706. The second-order valence-electron chi connectivity index (χ2n) is 11.3. The van der Waals surface area contributed by atoms with E-state index in [1.807, 2.05) is 48.5 Å². The highest BCUT2D eigenvalue weighted by molar-refractivity contribution is 6.31. The Morgan fingerprint density at radius 3 is 1.02 bits per heavy atom. The van der Waals surface area contributed by atoms with Crippen LogP contribution in [-0.4, -0.2) is 0 Å². The summed E-state index contributed by atoms with van der Waals surface area (Å²) in [5, 5.41) is 1.41. The average Bonchev–Trinajstić information content (AvgIpc) is 3.02. The molecule has 0 radical (unpaired) electrons. The predicted octanol–water partition coefficient (Wildman–Crippen LogP) is 12.8. The van der Waals surface area contributed by atoms with Crippen LogP contribution < -0.4 is 9.80 Å². The zero-order valence-electron chi connectivity index (χ0n) is 25.4. The van der Waals surface area contributed by atoms with Crippen LogP contribution in [0, 0.1) is 27.7 Å². The third kappa shape index (κ3) is 6.24. The van der Waals surface area contributed by atoms with E-state index in [0.717, 1.165) is 33.9 Å². The molecule has 218 valence electrons. The van der Waals surface area contributed by atoms with E-state index in [0.29, 0.717) is 10.0 Å². The summed E-state index contributed by atoms with van der Waals surface area (Å²) >= 11 is 12.4. The number of nitrogens with zero attached hydrogens (tertiary/aromatic N) is 2. The minimum Gasteiger partial charge on any atom is -0.311 e. The van der Waals surface area contributed by atoms with Crippen molar-refractivity contribution in [3.8, 4) is 11.1 Å². The highest BCUT2D eigenvalue weighted by atomic mass is 35.5. The molecule has 0 amide bonds. The average molecular weight is 614 g/mol. The first-order valence-corrected chi connectivity index (χ1v) is 15.5. The van der Waals surface area contributed by atoms with Crippen LogP contribution in [0.3, 0.4) is 0 Å². The molecule has 0 aliphatic carbocycles. The van der Waals surface area contributed by atoms with Gasteiger partial charge in [0.05, 0.1) is 0 Å². The standard InChI is InChI=1S/C40H34Cl2N2/c1-27-5-23-39(29(3)25-27)44(40-24-6-28(2)26-30(40)4)38-17-9-32(10-18-38)31-7-15-35(16-8-31)43(36-19-11-33(41)12-20-36)37-21-13-34(42)14-22-37/h5-26H,1-4H3. The summed E-state index contributed by atoms with van der Waals surface area (Å²) in [5.41, 5.74) is 13.9. The monoisotopic (exact) mass is 612 g/mol. The number of anilines is 6. The molecular weight excluding hydrogens is 579 g/mol. The lowest BCUT2D eigenvalue weighted by Gasteiger charge is -2.29. The Hall–Kier alpha value is -4.50. The fourth-order valence-electron chi connectivity index (χ4n) is 5.75. The van der Waals surface area contributed by atoms with Gasteiger partial charge in [-0.05, 0) is 135 Å². The molecule has 0 aliphatic rings. The van der Waals surface area contributed by atoms with Crippen LogP contribution in [0.15, 0.2) is 133 Å². The van der Waals surface area contributed by atoms with E-state index in [9.17, 15) is 0 Å². The van der Waals surface area contributed by atoms with Crippen molar-refractivity contribution in [2.75, 3.05) is 9.80 Å². The molecule has 0 heterocycles. The van der Waals surface area contributed by atoms with E-state index in [1.165, 1.54) is 33.6 Å². The predicted molar refractivity (Wildman–Crippen MR) is 190 cm³/mol. The highest BCUT2D eigenvalue weighted by Crippen LogP contribution is 2.40. The van der Waals surface area contributed by atoms with Gasteiger partial charge in [0.1, 0.15) is 0 Å². The van der Waals surface area contributed by atoms with Gasteiger partial charge in [-0.1, -0.05) is 82.9 Å². The zero-order chi connectivity index (χ0) is 30.8. The molecule has 6 aromatic carbocycles. The Morgan fingerprint density at radius 2 is 0.682 bits per heavy atom. The van der Waals surface area contributed by atoms with Gasteiger partial charge in [-0.25, -0.2) is 0 Å².